The van der Waals surface area contributed by atoms with Gasteiger partial charge in [-0.15, -0.1) is 0 Å². The predicted molar refractivity (Wildman–Crippen MR) is 76.6 cm³/mol. The Morgan fingerprint density at radius 1 is 1.25 bits per heavy atom. The van der Waals surface area contributed by atoms with E-state index in [-0.39, 0.29) is 17.4 Å². The van der Waals surface area contributed by atoms with Gasteiger partial charge in [-0.2, -0.15) is 0 Å². The molecule has 0 radical (unpaired) electrons. The smallest absolute Gasteiger partial charge is 0.335 e. The summed E-state index contributed by atoms with van der Waals surface area (Å²) in [6.45, 7) is 2.00. The van der Waals surface area contributed by atoms with Crippen LogP contribution in [0.1, 0.15) is 22.8 Å². The van der Waals surface area contributed by atoms with Gasteiger partial charge < -0.3 is 10.4 Å². The molecule has 0 heterocycles. The molecule has 2 aromatic rings. The van der Waals surface area contributed by atoms with E-state index in [2.05, 4.69) is 5.32 Å². The predicted octanol–water partition coefficient (Wildman–Crippen LogP) is 3.57. The first kappa shape index (κ1) is 14.1. The van der Waals surface area contributed by atoms with E-state index in [9.17, 15) is 9.18 Å². The average Bonchev–Trinajstić information content (AvgIpc) is 2.41. The van der Waals surface area contributed by atoms with Crippen LogP contribution in [0.3, 0.4) is 0 Å². The standard InChI is InChI=1S/C16H16FNO2/c1-11(9-12-5-7-14(17)8-6-12)18-15-4-2-3-13(10-15)16(19)20/h2-8,10-11,18H,9H2,1H3,(H,19,20). The summed E-state index contributed by atoms with van der Waals surface area (Å²) < 4.78 is 12.8. The highest BCUT2D eigenvalue weighted by molar-refractivity contribution is 5.88. The molecule has 0 aliphatic rings. The molecule has 0 saturated carbocycles. The monoisotopic (exact) mass is 273 g/mol. The van der Waals surface area contributed by atoms with Crippen LogP contribution in [-0.4, -0.2) is 17.1 Å². The van der Waals surface area contributed by atoms with Crippen molar-refractivity contribution in [2.75, 3.05) is 5.32 Å². The van der Waals surface area contributed by atoms with E-state index in [1.165, 1.54) is 12.1 Å². The summed E-state index contributed by atoms with van der Waals surface area (Å²) in [4.78, 5) is 10.9. The van der Waals surface area contributed by atoms with E-state index in [4.69, 9.17) is 5.11 Å². The number of halogens is 1. The minimum absolute atomic E-state index is 0.115. The van der Waals surface area contributed by atoms with Crippen molar-refractivity contribution in [3.8, 4) is 0 Å². The lowest BCUT2D eigenvalue weighted by molar-refractivity contribution is 0.0697. The van der Waals surface area contributed by atoms with Crippen LogP contribution in [0.4, 0.5) is 10.1 Å². The highest BCUT2D eigenvalue weighted by atomic mass is 19.1. The van der Waals surface area contributed by atoms with Crippen molar-refractivity contribution in [2.24, 2.45) is 0 Å². The van der Waals surface area contributed by atoms with E-state index in [1.807, 2.05) is 13.0 Å². The highest BCUT2D eigenvalue weighted by Gasteiger charge is 2.07. The highest BCUT2D eigenvalue weighted by Crippen LogP contribution is 2.14. The number of hydrogen-bond donors (Lipinski definition) is 2. The minimum atomic E-state index is -0.945. The molecule has 0 aromatic heterocycles. The molecule has 20 heavy (non-hydrogen) atoms. The molecule has 0 saturated heterocycles. The Morgan fingerprint density at radius 2 is 1.95 bits per heavy atom. The fraction of sp³-hybridized carbons (Fsp3) is 0.188. The molecule has 1 atom stereocenters. The second-order valence-electron chi connectivity index (χ2n) is 4.76. The second-order valence-corrected chi connectivity index (χ2v) is 4.76. The van der Waals surface area contributed by atoms with Crippen LogP contribution in [0.5, 0.6) is 0 Å². The van der Waals surface area contributed by atoms with Crippen molar-refractivity contribution in [1.82, 2.24) is 0 Å². The normalized spacial score (nSPS) is 11.9. The number of benzene rings is 2. The Balaban J connectivity index is 2.00. The first-order valence-corrected chi connectivity index (χ1v) is 6.39. The molecule has 0 aliphatic carbocycles. The number of nitrogens with one attached hydrogen (secondary N) is 1. The molecule has 2 rings (SSSR count). The summed E-state index contributed by atoms with van der Waals surface area (Å²) in [5, 5.41) is 12.2. The molecule has 104 valence electrons. The molecule has 0 amide bonds. The number of rotatable bonds is 5. The van der Waals surface area contributed by atoms with E-state index in [0.29, 0.717) is 0 Å². The minimum Gasteiger partial charge on any atom is -0.478 e. The summed E-state index contributed by atoms with van der Waals surface area (Å²) in [5.41, 5.74) is 2.05. The lowest BCUT2D eigenvalue weighted by Crippen LogP contribution is -2.18. The van der Waals surface area contributed by atoms with Crippen molar-refractivity contribution in [3.63, 3.8) is 0 Å². The van der Waals surface area contributed by atoms with Gasteiger partial charge in [-0.05, 0) is 49.2 Å². The zero-order chi connectivity index (χ0) is 14.5. The number of carbonyl (C=O) groups is 1. The molecule has 2 N–H and O–H groups in total. The first-order chi connectivity index (χ1) is 9.54. The molecule has 2 aromatic carbocycles. The number of anilines is 1. The lowest BCUT2D eigenvalue weighted by atomic mass is 10.1. The Morgan fingerprint density at radius 3 is 2.60 bits per heavy atom. The Hall–Kier alpha value is -2.36. The van der Waals surface area contributed by atoms with Gasteiger partial charge in [-0.25, -0.2) is 9.18 Å². The molecular formula is C16H16FNO2. The third-order valence-electron chi connectivity index (χ3n) is 2.98. The molecular weight excluding hydrogens is 257 g/mol. The fourth-order valence-corrected chi connectivity index (χ4v) is 2.05. The third kappa shape index (κ3) is 3.82. The summed E-state index contributed by atoms with van der Waals surface area (Å²) >= 11 is 0. The van der Waals surface area contributed by atoms with Crippen LogP contribution < -0.4 is 5.32 Å². The van der Waals surface area contributed by atoms with E-state index in [1.54, 1.807) is 30.3 Å². The van der Waals surface area contributed by atoms with Crippen LogP contribution in [0.2, 0.25) is 0 Å². The van der Waals surface area contributed by atoms with Crippen molar-refractivity contribution < 1.29 is 14.3 Å². The molecule has 1 unspecified atom stereocenters. The van der Waals surface area contributed by atoms with Crippen molar-refractivity contribution in [2.45, 2.75) is 19.4 Å². The maximum atomic E-state index is 12.8. The van der Waals surface area contributed by atoms with Crippen LogP contribution in [0.15, 0.2) is 48.5 Å². The van der Waals surface area contributed by atoms with Gasteiger partial charge >= 0.3 is 5.97 Å². The van der Waals surface area contributed by atoms with Gasteiger partial charge in [0.1, 0.15) is 5.82 Å². The third-order valence-corrected chi connectivity index (χ3v) is 2.98. The summed E-state index contributed by atoms with van der Waals surface area (Å²) in [6.07, 6.45) is 0.734. The van der Waals surface area contributed by atoms with Gasteiger partial charge in [-0.1, -0.05) is 18.2 Å². The Kier molecular flexibility index (Phi) is 4.35. The molecule has 0 fully saturated rings. The van der Waals surface area contributed by atoms with Crippen molar-refractivity contribution >= 4 is 11.7 Å². The van der Waals surface area contributed by atoms with Gasteiger partial charge in [0.15, 0.2) is 0 Å². The maximum Gasteiger partial charge on any atom is 0.335 e. The van der Waals surface area contributed by atoms with Gasteiger partial charge in [0.2, 0.25) is 0 Å². The Labute approximate surface area is 117 Å². The largest absolute Gasteiger partial charge is 0.478 e. The van der Waals surface area contributed by atoms with Gasteiger partial charge in [0.25, 0.3) is 0 Å². The van der Waals surface area contributed by atoms with Crippen LogP contribution in [-0.2, 0) is 6.42 Å². The SMILES string of the molecule is CC(Cc1ccc(F)cc1)Nc1cccc(C(=O)O)c1. The zero-order valence-electron chi connectivity index (χ0n) is 11.1. The van der Waals surface area contributed by atoms with E-state index in [0.717, 1.165) is 17.7 Å². The molecule has 0 aliphatic heterocycles. The maximum absolute atomic E-state index is 12.8. The van der Waals surface area contributed by atoms with E-state index >= 15 is 0 Å². The molecule has 3 nitrogen and oxygen atoms in total. The van der Waals surface area contributed by atoms with E-state index < -0.39 is 5.97 Å². The fourth-order valence-electron chi connectivity index (χ4n) is 2.05. The average molecular weight is 273 g/mol. The first-order valence-electron chi connectivity index (χ1n) is 6.39. The quantitative estimate of drug-likeness (QED) is 0.875. The van der Waals surface area contributed by atoms with Gasteiger partial charge in [0, 0.05) is 11.7 Å². The molecule has 4 heteroatoms. The second kappa shape index (κ2) is 6.19. The van der Waals surface area contributed by atoms with Crippen LogP contribution in [0, 0.1) is 5.82 Å². The summed E-state index contributed by atoms with van der Waals surface area (Å²) in [7, 11) is 0. The zero-order valence-corrected chi connectivity index (χ0v) is 11.1. The number of aromatic carboxylic acids is 1. The number of carboxylic acid groups (broad SMARTS) is 1. The number of carboxylic acids is 1. The summed E-state index contributed by atoms with van der Waals surface area (Å²) in [6, 6.07) is 13.2. The lowest BCUT2D eigenvalue weighted by Gasteiger charge is -2.15. The van der Waals surface area contributed by atoms with Gasteiger partial charge in [0.05, 0.1) is 5.56 Å². The Bertz CT molecular complexity index is 596. The van der Waals surface area contributed by atoms with Gasteiger partial charge in [-0.3, -0.25) is 0 Å². The molecule has 0 bridgehead atoms. The van der Waals surface area contributed by atoms with Crippen LogP contribution in [0.25, 0.3) is 0 Å². The van der Waals surface area contributed by atoms with Crippen molar-refractivity contribution in [3.05, 3.63) is 65.5 Å². The number of hydrogen-bond acceptors (Lipinski definition) is 2. The van der Waals surface area contributed by atoms with Crippen molar-refractivity contribution in [1.29, 1.82) is 0 Å². The summed E-state index contributed by atoms with van der Waals surface area (Å²) in [5.74, 6) is -1.19. The topological polar surface area (TPSA) is 49.3 Å². The van der Waals surface area contributed by atoms with Crippen LogP contribution >= 0.6 is 0 Å². The molecule has 0 spiro atoms.